The zero-order valence-corrected chi connectivity index (χ0v) is 12.2. The highest BCUT2D eigenvalue weighted by Gasteiger charge is 2.18. The summed E-state index contributed by atoms with van der Waals surface area (Å²) in [5.74, 6) is 1.08. The molecule has 0 spiro atoms. The average molecular weight is 261 g/mol. The lowest BCUT2D eigenvalue weighted by Crippen LogP contribution is -2.16. The highest BCUT2D eigenvalue weighted by molar-refractivity contribution is 5.44. The smallest absolute Gasteiger partial charge is 0.127 e. The summed E-state index contributed by atoms with van der Waals surface area (Å²) in [6, 6.07) is 6.57. The second-order valence-electron chi connectivity index (χ2n) is 5.60. The highest BCUT2D eigenvalue weighted by atomic mass is 16.5. The summed E-state index contributed by atoms with van der Waals surface area (Å²) in [7, 11) is 0. The molecule has 1 aromatic carbocycles. The Morgan fingerprint density at radius 3 is 2.89 bits per heavy atom. The molecule has 2 N–H and O–H groups in total. The van der Waals surface area contributed by atoms with Crippen molar-refractivity contribution in [2.45, 2.75) is 64.3 Å². The van der Waals surface area contributed by atoms with E-state index in [-0.39, 0.29) is 6.04 Å². The Bertz CT molecular complexity index is 389. The largest absolute Gasteiger partial charge is 0.493 e. The van der Waals surface area contributed by atoms with E-state index in [2.05, 4.69) is 25.1 Å². The molecule has 0 saturated carbocycles. The molecule has 2 nitrogen and oxygen atoms in total. The van der Waals surface area contributed by atoms with E-state index < -0.39 is 0 Å². The molecule has 1 atom stereocenters. The summed E-state index contributed by atoms with van der Waals surface area (Å²) < 4.78 is 5.84. The first kappa shape index (κ1) is 14.4. The fourth-order valence-corrected chi connectivity index (χ4v) is 2.83. The minimum atomic E-state index is 0.134. The van der Waals surface area contributed by atoms with Crippen LogP contribution in [0.4, 0.5) is 0 Å². The van der Waals surface area contributed by atoms with Crippen LogP contribution in [-0.4, -0.2) is 6.61 Å². The van der Waals surface area contributed by atoms with Gasteiger partial charge in [-0.05, 0) is 24.8 Å². The molecule has 1 unspecified atom stereocenters. The lowest BCUT2D eigenvalue weighted by Gasteiger charge is -2.23. The minimum Gasteiger partial charge on any atom is -0.493 e. The predicted molar refractivity (Wildman–Crippen MR) is 80.6 cm³/mol. The number of nitrogens with two attached hydrogens (primary N) is 1. The Balaban J connectivity index is 1.90. The Morgan fingerprint density at radius 1 is 1.21 bits per heavy atom. The van der Waals surface area contributed by atoms with Crippen molar-refractivity contribution >= 4 is 0 Å². The standard InChI is InChI=1S/C17H27NO/c1-2-3-4-5-6-12-16(18)15-11-7-9-14-10-8-13-19-17(14)15/h7,9,11,16H,2-6,8,10,12-13,18H2,1H3. The summed E-state index contributed by atoms with van der Waals surface area (Å²) in [5.41, 5.74) is 8.91. The summed E-state index contributed by atoms with van der Waals surface area (Å²) >= 11 is 0. The molecule has 0 aliphatic carbocycles. The lowest BCUT2D eigenvalue weighted by molar-refractivity contribution is 0.282. The number of para-hydroxylation sites is 1. The highest BCUT2D eigenvalue weighted by Crippen LogP contribution is 2.33. The maximum absolute atomic E-state index is 6.35. The molecule has 0 saturated heterocycles. The molecule has 19 heavy (non-hydrogen) atoms. The lowest BCUT2D eigenvalue weighted by atomic mass is 9.95. The molecule has 0 bridgehead atoms. The van der Waals surface area contributed by atoms with Gasteiger partial charge in [-0.2, -0.15) is 0 Å². The third-order valence-corrected chi connectivity index (χ3v) is 3.98. The van der Waals surface area contributed by atoms with Gasteiger partial charge in [0, 0.05) is 11.6 Å². The second kappa shape index (κ2) is 7.54. The first-order chi connectivity index (χ1) is 9.33. The van der Waals surface area contributed by atoms with Crippen molar-refractivity contribution in [1.82, 2.24) is 0 Å². The molecule has 2 rings (SSSR count). The number of unbranched alkanes of at least 4 members (excludes halogenated alkanes) is 4. The summed E-state index contributed by atoms with van der Waals surface area (Å²) in [6.07, 6.45) is 9.85. The summed E-state index contributed by atoms with van der Waals surface area (Å²) in [6.45, 7) is 3.09. The molecule has 0 fully saturated rings. The van der Waals surface area contributed by atoms with Crippen LogP contribution in [0.3, 0.4) is 0 Å². The molecule has 2 heteroatoms. The maximum atomic E-state index is 6.35. The van der Waals surface area contributed by atoms with Gasteiger partial charge in [0.05, 0.1) is 6.61 Å². The Labute approximate surface area is 117 Å². The Kier molecular flexibility index (Phi) is 5.71. The number of aryl methyl sites for hydroxylation is 1. The van der Waals surface area contributed by atoms with Crippen LogP contribution in [0.5, 0.6) is 5.75 Å². The van der Waals surface area contributed by atoms with E-state index in [0.717, 1.165) is 31.6 Å². The van der Waals surface area contributed by atoms with E-state index in [4.69, 9.17) is 10.5 Å². The number of hydrogen-bond donors (Lipinski definition) is 1. The number of fused-ring (bicyclic) bond motifs is 1. The van der Waals surface area contributed by atoms with Gasteiger partial charge in [0.15, 0.2) is 0 Å². The summed E-state index contributed by atoms with van der Waals surface area (Å²) in [4.78, 5) is 0. The van der Waals surface area contributed by atoms with Gasteiger partial charge in [-0.1, -0.05) is 57.2 Å². The fraction of sp³-hybridized carbons (Fsp3) is 0.647. The topological polar surface area (TPSA) is 35.2 Å². The van der Waals surface area contributed by atoms with E-state index in [9.17, 15) is 0 Å². The van der Waals surface area contributed by atoms with Gasteiger partial charge in [0.1, 0.15) is 5.75 Å². The van der Waals surface area contributed by atoms with Gasteiger partial charge < -0.3 is 10.5 Å². The van der Waals surface area contributed by atoms with Crippen molar-refractivity contribution in [2.24, 2.45) is 5.73 Å². The van der Waals surface area contributed by atoms with Crippen LogP contribution in [0.25, 0.3) is 0 Å². The Morgan fingerprint density at radius 2 is 2.05 bits per heavy atom. The van der Waals surface area contributed by atoms with Crippen LogP contribution in [0.2, 0.25) is 0 Å². The molecule has 1 aliphatic rings. The van der Waals surface area contributed by atoms with Crippen LogP contribution in [-0.2, 0) is 6.42 Å². The molecule has 106 valence electrons. The monoisotopic (exact) mass is 261 g/mol. The minimum absolute atomic E-state index is 0.134. The van der Waals surface area contributed by atoms with Crippen molar-refractivity contribution in [3.63, 3.8) is 0 Å². The first-order valence-corrected chi connectivity index (χ1v) is 7.83. The van der Waals surface area contributed by atoms with Gasteiger partial charge in [-0.15, -0.1) is 0 Å². The van der Waals surface area contributed by atoms with Crippen molar-refractivity contribution in [3.05, 3.63) is 29.3 Å². The van der Waals surface area contributed by atoms with Gasteiger partial charge in [0.2, 0.25) is 0 Å². The van der Waals surface area contributed by atoms with Crippen LogP contribution >= 0.6 is 0 Å². The van der Waals surface area contributed by atoms with E-state index >= 15 is 0 Å². The predicted octanol–water partition coefficient (Wildman–Crippen LogP) is 4.37. The fourth-order valence-electron chi connectivity index (χ4n) is 2.83. The molecular formula is C17H27NO. The van der Waals surface area contributed by atoms with E-state index in [1.165, 1.54) is 43.2 Å². The molecule has 0 aromatic heterocycles. The van der Waals surface area contributed by atoms with Gasteiger partial charge in [-0.3, -0.25) is 0 Å². The molecular weight excluding hydrogens is 234 g/mol. The normalized spacial score (nSPS) is 15.7. The van der Waals surface area contributed by atoms with Crippen molar-refractivity contribution < 1.29 is 4.74 Å². The third kappa shape index (κ3) is 3.97. The van der Waals surface area contributed by atoms with Crippen molar-refractivity contribution in [3.8, 4) is 5.75 Å². The van der Waals surface area contributed by atoms with Crippen molar-refractivity contribution in [1.29, 1.82) is 0 Å². The number of hydrogen-bond acceptors (Lipinski definition) is 2. The molecule has 0 radical (unpaired) electrons. The van der Waals surface area contributed by atoms with Crippen molar-refractivity contribution in [2.75, 3.05) is 6.61 Å². The zero-order chi connectivity index (χ0) is 13.5. The van der Waals surface area contributed by atoms with Crippen LogP contribution in [0, 0.1) is 0 Å². The average Bonchev–Trinajstić information content (AvgIpc) is 2.46. The molecule has 1 heterocycles. The molecule has 0 amide bonds. The van der Waals surface area contributed by atoms with Gasteiger partial charge in [0.25, 0.3) is 0 Å². The zero-order valence-electron chi connectivity index (χ0n) is 12.2. The number of ether oxygens (including phenoxy) is 1. The van der Waals surface area contributed by atoms with Gasteiger partial charge in [-0.25, -0.2) is 0 Å². The van der Waals surface area contributed by atoms with Gasteiger partial charge >= 0.3 is 0 Å². The SMILES string of the molecule is CCCCCCCC(N)c1cccc2c1OCCC2. The third-order valence-electron chi connectivity index (χ3n) is 3.98. The van der Waals surface area contributed by atoms with Crippen LogP contribution < -0.4 is 10.5 Å². The number of rotatable bonds is 7. The second-order valence-corrected chi connectivity index (χ2v) is 5.60. The molecule has 1 aliphatic heterocycles. The van der Waals surface area contributed by atoms with Crippen LogP contribution in [0.15, 0.2) is 18.2 Å². The Hall–Kier alpha value is -1.02. The number of benzene rings is 1. The first-order valence-electron chi connectivity index (χ1n) is 7.83. The van der Waals surface area contributed by atoms with Crippen LogP contribution in [0.1, 0.15) is 69.0 Å². The quantitative estimate of drug-likeness (QED) is 0.740. The summed E-state index contributed by atoms with van der Waals surface area (Å²) in [5, 5.41) is 0. The van der Waals surface area contributed by atoms with E-state index in [0.29, 0.717) is 0 Å². The maximum Gasteiger partial charge on any atom is 0.127 e. The van der Waals surface area contributed by atoms with E-state index in [1.54, 1.807) is 0 Å². The molecule has 1 aromatic rings. The van der Waals surface area contributed by atoms with E-state index in [1.807, 2.05) is 0 Å².